The summed E-state index contributed by atoms with van der Waals surface area (Å²) in [6, 6.07) is 8.30. The lowest BCUT2D eigenvalue weighted by atomic mass is 9.88. The van der Waals surface area contributed by atoms with Gasteiger partial charge < -0.3 is 9.84 Å². The third-order valence-corrected chi connectivity index (χ3v) is 4.67. The van der Waals surface area contributed by atoms with Crippen molar-refractivity contribution in [2.45, 2.75) is 19.9 Å². The first kappa shape index (κ1) is 15.9. The monoisotopic (exact) mass is 314 g/mol. The van der Waals surface area contributed by atoms with Gasteiger partial charge in [0.25, 0.3) is 0 Å². The average molecular weight is 314 g/mol. The number of hydrogen-bond acceptors (Lipinski definition) is 4. The van der Waals surface area contributed by atoms with Gasteiger partial charge in [0.1, 0.15) is 5.41 Å². The molecule has 23 heavy (non-hydrogen) atoms. The van der Waals surface area contributed by atoms with Crippen molar-refractivity contribution in [1.82, 2.24) is 9.88 Å². The topological polar surface area (TPSA) is 62.7 Å². The van der Waals surface area contributed by atoms with Gasteiger partial charge in [-0.1, -0.05) is 12.1 Å². The molecule has 1 fully saturated rings. The van der Waals surface area contributed by atoms with E-state index in [1.807, 2.05) is 6.07 Å². The number of pyridine rings is 1. The second kappa shape index (κ2) is 6.26. The van der Waals surface area contributed by atoms with Gasteiger partial charge in [0.05, 0.1) is 12.1 Å². The number of aliphatic carboxylic acids is 1. The van der Waals surface area contributed by atoms with Crippen molar-refractivity contribution in [3.8, 4) is 0 Å². The van der Waals surface area contributed by atoms with E-state index in [1.54, 1.807) is 13.3 Å². The number of ether oxygens (including phenoxy) is 1. The van der Waals surface area contributed by atoms with Crippen LogP contribution in [0.5, 0.6) is 0 Å². The SMILES string of the molecule is COCC1(C(=O)O)CCN(Cc2cc(C)c3ncccc3c2)C1. The van der Waals surface area contributed by atoms with Crippen LogP contribution in [-0.2, 0) is 16.1 Å². The molecule has 1 N–H and O–H groups in total. The van der Waals surface area contributed by atoms with Gasteiger partial charge in [0.15, 0.2) is 0 Å². The fourth-order valence-corrected chi connectivity index (χ4v) is 3.52. The Bertz CT molecular complexity index is 731. The third-order valence-electron chi connectivity index (χ3n) is 4.67. The smallest absolute Gasteiger partial charge is 0.313 e. The number of rotatable bonds is 5. The van der Waals surface area contributed by atoms with Gasteiger partial charge in [0, 0.05) is 31.8 Å². The largest absolute Gasteiger partial charge is 0.481 e. The number of fused-ring (bicyclic) bond motifs is 1. The highest BCUT2D eigenvalue weighted by Gasteiger charge is 2.44. The molecule has 1 aliphatic rings. The van der Waals surface area contributed by atoms with Gasteiger partial charge in [-0.2, -0.15) is 0 Å². The maximum absolute atomic E-state index is 11.6. The molecule has 1 atom stereocenters. The highest BCUT2D eigenvalue weighted by molar-refractivity contribution is 5.82. The first-order valence-corrected chi connectivity index (χ1v) is 7.83. The summed E-state index contributed by atoms with van der Waals surface area (Å²) in [5, 5.41) is 10.7. The summed E-state index contributed by atoms with van der Waals surface area (Å²) in [6.07, 6.45) is 2.44. The maximum Gasteiger partial charge on any atom is 0.313 e. The second-order valence-corrected chi connectivity index (χ2v) is 6.47. The predicted octanol–water partition coefficient (Wildman–Crippen LogP) is 2.47. The molecule has 3 rings (SSSR count). The van der Waals surface area contributed by atoms with E-state index in [0.717, 1.165) is 29.6 Å². The van der Waals surface area contributed by atoms with Gasteiger partial charge in [-0.3, -0.25) is 14.7 Å². The van der Waals surface area contributed by atoms with Crippen molar-refractivity contribution in [2.75, 3.05) is 26.8 Å². The van der Waals surface area contributed by atoms with Gasteiger partial charge >= 0.3 is 5.97 Å². The van der Waals surface area contributed by atoms with E-state index >= 15 is 0 Å². The van der Waals surface area contributed by atoms with E-state index in [1.165, 1.54) is 5.56 Å². The third kappa shape index (κ3) is 3.07. The van der Waals surface area contributed by atoms with E-state index in [2.05, 4.69) is 35.0 Å². The van der Waals surface area contributed by atoms with Crippen LogP contribution in [0.25, 0.3) is 10.9 Å². The first-order valence-electron chi connectivity index (χ1n) is 7.83. The molecule has 122 valence electrons. The lowest BCUT2D eigenvalue weighted by Gasteiger charge is -2.24. The molecule has 0 radical (unpaired) electrons. The van der Waals surface area contributed by atoms with Crippen LogP contribution in [0, 0.1) is 12.3 Å². The maximum atomic E-state index is 11.6. The van der Waals surface area contributed by atoms with Crippen molar-refractivity contribution in [3.05, 3.63) is 41.6 Å². The number of likely N-dealkylation sites (tertiary alicyclic amines) is 1. The Morgan fingerprint density at radius 3 is 3.04 bits per heavy atom. The Balaban J connectivity index is 1.79. The number of hydrogen-bond donors (Lipinski definition) is 1. The molecule has 1 aromatic carbocycles. The molecule has 0 amide bonds. The molecule has 1 aliphatic heterocycles. The number of benzene rings is 1. The van der Waals surface area contributed by atoms with E-state index in [9.17, 15) is 9.90 Å². The minimum atomic E-state index is -0.776. The lowest BCUT2D eigenvalue weighted by Crippen LogP contribution is -2.38. The quantitative estimate of drug-likeness (QED) is 0.918. The summed E-state index contributed by atoms with van der Waals surface area (Å²) in [6.45, 7) is 4.39. The summed E-state index contributed by atoms with van der Waals surface area (Å²) in [5.41, 5.74) is 2.60. The molecule has 1 unspecified atom stereocenters. The number of carboxylic acid groups (broad SMARTS) is 1. The van der Waals surface area contributed by atoms with Crippen LogP contribution in [0.1, 0.15) is 17.5 Å². The van der Waals surface area contributed by atoms with Gasteiger partial charge in [-0.15, -0.1) is 0 Å². The zero-order chi connectivity index (χ0) is 16.4. The molecule has 0 saturated carbocycles. The summed E-state index contributed by atoms with van der Waals surface area (Å²) >= 11 is 0. The van der Waals surface area contributed by atoms with E-state index < -0.39 is 11.4 Å². The standard InChI is InChI=1S/C18H22N2O3/c1-13-8-14(9-15-4-3-6-19-16(13)15)10-20-7-5-18(11-20,12-23-2)17(21)22/h3-4,6,8-9H,5,7,10-12H2,1-2H3,(H,21,22). The molecule has 5 heteroatoms. The average Bonchev–Trinajstić information content (AvgIpc) is 2.92. The summed E-state index contributed by atoms with van der Waals surface area (Å²) < 4.78 is 5.15. The van der Waals surface area contributed by atoms with Crippen LogP contribution in [0.2, 0.25) is 0 Å². The molecule has 5 nitrogen and oxygen atoms in total. The molecular formula is C18H22N2O3. The Labute approximate surface area is 135 Å². The summed E-state index contributed by atoms with van der Waals surface area (Å²) in [5.74, 6) is -0.763. The number of nitrogens with zero attached hydrogens (tertiary/aromatic N) is 2. The molecule has 2 aromatic rings. The Morgan fingerprint density at radius 1 is 1.48 bits per heavy atom. The van der Waals surface area contributed by atoms with Crippen LogP contribution < -0.4 is 0 Å². The Morgan fingerprint density at radius 2 is 2.30 bits per heavy atom. The van der Waals surface area contributed by atoms with Crippen LogP contribution >= 0.6 is 0 Å². The van der Waals surface area contributed by atoms with Crippen molar-refractivity contribution >= 4 is 16.9 Å². The normalized spacial score (nSPS) is 21.8. The van der Waals surface area contributed by atoms with Crippen LogP contribution in [0.15, 0.2) is 30.5 Å². The fourth-order valence-electron chi connectivity index (χ4n) is 3.52. The van der Waals surface area contributed by atoms with E-state index in [4.69, 9.17) is 4.74 Å². The zero-order valence-electron chi connectivity index (χ0n) is 13.6. The summed E-state index contributed by atoms with van der Waals surface area (Å²) in [7, 11) is 1.56. The lowest BCUT2D eigenvalue weighted by molar-refractivity contribution is -0.151. The van der Waals surface area contributed by atoms with Crippen molar-refractivity contribution in [3.63, 3.8) is 0 Å². The number of carbonyl (C=O) groups is 1. The van der Waals surface area contributed by atoms with Crippen LogP contribution in [0.4, 0.5) is 0 Å². The highest BCUT2D eigenvalue weighted by atomic mass is 16.5. The summed E-state index contributed by atoms with van der Waals surface area (Å²) in [4.78, 5) is 18.2. The molecule has 1 aromatic heterocycles. The fraction of sp³-hybridized carbons (Fsp3) is 0.444. The highest BCUT2D eigenvalue weighted by Crippen LogP contribution is 2.32. The zero-order valence-corrected chi connectivity index (χ0v) is 13.6. The van der Waals surface area contributed by atoms with Crippen LogP contribution in [-0.4, -0.2) is 47.8 Å². The number of aryl methyl sites for hydroxylation is 1. The van der Waals surface area contributed by atoms with Gasteiger partial charge in [-0.05, 0) is 43.1 Å². The molecule has 0 spiro atoms. The first-order chi connectivity index (χ1) is 11.0. The number of aromatic nitrogens is 1. The van der Waals surface area contributed by atoms with Gasteiger partial charge in [-0.25, -0.2) is 0 Å². The number of methoxy groups -OCH3 is 1. The van der Waals surface area contributed by atoms with Crippen molar-refractivity contribution in [2.24, 2.45) is 5.41 Å². The predicted molar refractivity (Wildman–Crippen MR) is 88.3 cm³/mol. The molecule has 0 aliphatic carbocycles. The molecular weight excluding hydrogens is 292 g/mol. The molecule has 0 bridgehead atoms. The Kier molecular flexibility index (Phi) is 4.33. The van der Waals surface area contributed by atoms with E-state index in [0.29, 0.717) is 13.0 Å². The minimum absolute atomic E-state index is 0.263. The van der Waals surface area contributed by atoms with Crippen LogP contribution in [0.3, 0.4) is 0 Å². The second-order valence-electron chi connectivity index (χ2n) is 6.47. The van der Waals surface area contributed by atoms with Crippen molar-refractivity contribution < 1.29 is 14.6 Å². The Hall–Kier alpha value is -1.98. The van der Waals surface area contributed by atoms with Crippen molar-refractivity contribution in [1.29, 1.82) is 0 Å². The molecule has 2 heterocycles. The van der Waals surface area contributed by atoms with Gasteiger partial charge in [0.2, 0.25) is 0 Å². The minimum Gasteiger partial charge on any atom is -0.481 e. The number of carboxylic acids is 1. The molecule has 1 saturated heterocycles. The van der Waals surface area contributed by atoms with E-state index in [-0.39, 0.29) is 6.61 Å².